The highest BCUT2D eigenvalue weighted by molar-refractivity contribution is 7.90. The van der Waals surface area contributed by atoms with Gasteiger partial charge in [-0.25, -0.2) is 13.1 Å². The summed E-state index contributed by atoms with van der Waals surface area (Å²) in [5.74, 6) is -2.07. The molecule has 0 rings (SSSR count). The Balaban J connectivity index is 4.22. The maximum Gasteiger partial charge on any atom is 0.320 e. The van der Waals surface area contributed by atoms with Crippen LogP contribution < -0.4 is 4.72 Å². The lowest BCUT2D eigenvalue weighted by Crippen LogP contribution is -2.36. The van der Waals surface area contributed by atoms with Gasteiger partial charge in [0.1, 0.15) is 0 Å². The first-order valence-corrected chi connectivity index (χ1v) is 6.39. The Labute approximate surface area is 90.9 Å². The first kappa shape index (κ1) is 14.4. The number of rotatable bonds is 5. The van der Waals surface area contributed by atoms with Gasteiger partial charge in [0.2, 0.25) is 10.0 Å². The highest BCUT2D eigenvalue weighted by Crippen LogP contribution is 2.24. The summed E-state index contributed by atoms with van der Waals surface area (Å²) in [4.78, 5) is 10.2. The van der Waals surface area contributed by atoms with Gasteiger partial charge in [-0.15, -0.1) is 0 Å². The van der Waals surface area contributed by atoms with Crippen LogP contribution in [-0.4, -0.2) is 31.8 Å². The van der Waals surface area contributed by atoms with Gasteiger partial charge in [-0.1, -0.05) is 27.7 Å². The van der Waals surface area contributed by atoms with E-state index in [1.165, 1.54) is 0 Å². The summed E-state index contributed by atoms with van der Waals surface area (Å²) in [5.41, 5.74) is -0.00819. The molecule has 2 N–H and O–H groups in total. The third kappa shape index (κ3) is 6.46. The first-order valence-electron chi connectivity index (χ1n) is 4.74. The van der Waals surface area contributed by atoms with E-state index in [-0.39, 0.29) is 17.9 Å². The van der Waals surface area contributed by atoms with E-state index in [0.29, 0.717) is 0 Å². The van der Waals surface area contributed by atoms with Gasteiger partial charge in [0, 0.05) is 6.54 Å². The second-order valence-electron chi connectivity index (χ2n) is 4.77. The molecule has 0 saturated carbocycles. The number of hydrogen-bond acceptors (Lipinski definition) is 3. The maximum absolute atomic E-state index is 11.2. The number of aliphatic carboxylic acids is 1. The zero-order chi connectivity index (χ0) is 12.3. The minimum atomic E-state index is -3.69. The molecule has 0 bridgehead atoms. The van der Waals surface area contributed by atoms with Gasteiger partial charge in [0.25, 0.3) is 0 Å². The second-order valence-corrected chi connectivity index (χ2v) is 6.58. The molecule has 0 aliphatic heterocycles. The molecule has 1 atom stereocenters. The van der Waals surface area contributed by atoms with E-state index in [1.54, 1.807) is 0 Å². The van der Waals surface area contributed by atoms with Crippen LogP contribution in [0.2, 0.25) is 0 Å². The molecule has 0 amide bonds. The van der Waals surface area contributed by atoms with Crippen LogP contribution in [0.4, 0.5) is 0 Å². The van der Waals surface area contributed by atoms with E-state index in [0.717, 1.165) is 0 Å². The summed E-state index contributed by atoms with van der Waals surface area (Å²) in [5, 5.41) is 8.36. The Morgan fingerprint density at radius 1 is 1.40 bits per heavy atom. The van der Waals surface area contributed by atoms with Crippen molar-refractivity contribution in [2.45, 2.75) is 27.7 Å². The van der Waals surface area contributed by atoms with E-state index >= 15 is 0 Å². The molecule has 90 valence electrons. The summed E-state index contributed by atoms with van der Waals surface area (Å²) < 4.78 is 24.6. The number of nitrogens with one attached hydrogen (secondary N) is 1. The third-order valence-electron chi connectivity index (χ3n) is 2.40. The SMILES string of the molecule is CC(CNS(=O)(=O)CC(=O)O)C(C)(C)C. The third-order valence-corrected chi connectivity index (χ3v) is 3.63. The molecule has 15 heavy (non-hydrogen) atoms. The largest absolute Gasteiger partial charge is 0.480 e. The number of carboxylic acid groups (broad SMARTS) is 1. The summed E-state index contributed by atoms with van der Waals surface area (Å²) in [6.45, 7) is 8.19. The molecule has 0 heterocycles. The Morgan fingerprint density at radius 2 is 1.87 bits per heavy atom. The van der Waals surface area contributed by atoms with Crippen molar-refractivity contribution < 1.29 is 18.3 Å². The molecule has 0 fully saturated rings. The van der Waals surface area contributed by atoms with Gasteiger partial charge in [0.15, 0.2) is 5.75 Å². The van der Waals surface area contributed by atoms with Crippen LogP contribution in [0.1, 0.15) is 27.7 Å². The average Bonchev–Trinajstić information content (AvgIpc) is 1.95. The fourth-order valence-corrected chi connectivity index (χ4v) is 1.70. The lowest BCUT2D eigenvalue weighted by Gasteiger charge is -2.27. The van der Waals surface area contributed by atoms with Crippen LogP contribution in [0, 0.1) is 11.3 Å². The fraction of sp³-hybridized carbons (Fsp3) is 0.889. The summed E-state index contributed by atoms with van der Waals surface area (Å²) >= 11 is 0. The average molecular weight is 237 g/mol. The Kier molecular flexibility index (Phi) is 4.73. The maximum atomic E-state index is 11.2. The summed E-state index contributed by atoms with van der Waals surface area (Å²) in [6, 6.07) is 0. The van der Waals surface area contributed by atoms with Gasteiger partial charge in [-0.2, -0.15) is 0 Å². The number of carbonyl (C=O) groups is 1. The minimum absolute atomic E-state index is 0.00819. The van der Waals surface area contributed by atoms with Crippen LogP contribution in [0.5, 0.6) is 0 Å². The molecule has 0 saturated heterocycles. The Hall–Kier alpha value is -0.620. The highest BCUT2D eigenvalue weighted by atomic mass is 32.2. The zero-order valence-electron chi connectivity index (χ0n) is 9.57. The van der Waals surface area contributed by atoms with Crippen molar-refractivity contribution in [3.8, 4) is 0 Å². The van der Waals surface area contributed by atoms with Crippen molar-refractivity contribution in [2.24, 2.45) is 11.3 Å². The number of sulfonamides is 1. The van der Waals surface area contributed by atoms with Crippen molar-refractivity contribution in [3.63, 3.8) is 0 Å². The van der Waals surface area contributed by atoms with Gasteiger partial charge < -0.3 is 5.11 Å². The normalized spacial score (nSPS) is 14.9. The van der Waals surface area contributed by atoms with Crippen molar-refractivity contribution in [2.75, 3.05) is 12.3 Å². The Bertz CT molecular complexity index is 315. The van der Waals surface area contributed by atoms with Gasteiger partial charge >= 0.3 is 5.97 Å². The van der Waals surface area contributed by atoms with E-state index in [1.807, 2.05) is 27.7 Å². The van der Waals surface area contributed by atoms with E-state index in [4.69, 9.17) is 5.11 Å². The molecular weight excluding hydrogens is 218 g/mol. The molecular formula is C9H19NO4S. The molecule has 5 nitrogen and oxygen atoms in total. The lowest BCUT2D eigenvalue weighted by molar-refractivity contribution is -0.134. The van der Waals surface area contributed by atoms with E-state index in [9.17, 15) is 13.2 Å². The molecule has 0 radical (unpaired) electrons. The molecule has 0 aromatic rings. The van der Waals surface area contributed by atoms with Crippen LogP contribution in [-0.2, 0) is 14.8 Å². The van der Waals surface area contributed by atoms with Gasteiger partial charge in [0.05, 0.1) is 0 Å². The first-order chi connectivity index (χ1) is 6.54. The molecule has 6 heteroatoms. The van der Waals surface area contributed by atoms with Crippen molar-refractivity contribution in [3.05, 3.63) is 0 Å². The van der Waals surface area contributed by atoms with E-state index in [2.05, 4.69) is 4.72 Å². The smallest absolute Gasteiger partial charge is 0.320 e. The standard InChI is InChI=1S/C9H19NO4S/c1-7(9(2,3)4)5-10-15(13,14)6-8(11)12/h7,10H,5-6H2,1-4H3,(H,11,12). The quantitative estimate of drug-likeness (QED) is 0.736. The summed E-state index contributed by atoms with van der Waals surface area (Å²) in [6.07, 6.45) is 0. The van der Waals surface area contributed by atoms with Crippen molar-refractivity contribution in [1.29, 1.82) is 0 Å². The van der Waals surface area contributed by atoms with Gasteiger partial charge in [-0.3, -0.25) is 4.79 Å². The van der Waals surface area contributed by atoms with Crippen molar-refractivity contribution in [1.82, 2.24) is 4.72 Å². The van der Waals surface area contributed by atoms with Crippen LogP contribution >= 0.6 is 0 Å². The molecule has 0 spiro atoms. The van der Waals surface area contributed by atoms with Crippen LogP contribution in [0.3, 0.4) is 0 Å². The molecule has 1 unspecified atom stereocenters. The van der Waals surface area contributed by atoms with Gasteiger partial charge in [-0.05, 0) is 11.3 Å². The minimum Gasteiger partial charge on any atom is -0.480 e. The fourth-order valence-electron chi connectivity index (χ4n) is 0.772. The molecule has 0 aliphatic carbocycles. The highest BCUT2D eigenvalue weighted by Gasteiger charge is 2.22. The topological polar surface area (TPSA) is 83.5 Å². The van der Waals surface area contributed by atoms with E-state index < -0.39 is 21.7 Å². The molecule has 0 aromatic carbocycles. The number of carboxylic acids is 1. The second kappa shape index (κ2) is 4.94. The predicted octanol–water partition coefficient (Wildman–Crippen LogP) is 0.673. The summed E-state index contributed by atoms with van der Waals surface area (Å²) in [7, 11) is -3.69. The predicted molar refractivity (Wildman–Crippen MR) is 58.0 cm³/mol. The molecule has 0 aliphatic rings. The molecule has 0 aromatic heterocycles. The number of hydrogen-bond donors (Lipinski definition) is 2. The Morgan fingerprint density at radius 3 is 2.20 bits per heavy atom. The van der Waals surface area contributed by atoms with Crippen molar-refractivity contribution >= 4 is 16.0 Å². The van der Waals surface area contributed by atoms with Crippen LogP contribution in [0.25, 0.3) is 0 Å². The monoisotopic (exact) mass is 237 g/mol. The zero-order valence-corrected chi connectivity index (χ0v) is 10.4. The lowest BCUT2D eigenvalue weighted by atomic mass is 9.82. The van der Waals surface area contributed by atoms with Crippen LogP contribution in [0.15, 0.2) is 0 Å².